The molecule has 0 saturated carbocycles. The first-order valence-electron chi connectivity index (χ1n) is 5.80. The highest BCUT2D eigenvalue weighted by Crippen LogP contribution is 2.32. The van der Waals surface area contributed by atoms with Gasteiger partial charge in [0.15, 0.2) is 0 Å². The van der Waals surface area contributed by atoms with Gasteiger partial charge in [0.1, 0.15) is 0 Å². The summed E-state index contributed by atoms with van der Waals surface area (Å²) in [6, 6.07) is 0.635. The zero-order valence-electron chi connectivity index (χ0n) is 9.05. The van der Waals surface area contributed by atoms with Crippen LogP contribution in [0.1, 0.15) is 32.6 Å². The van der Waals surface area contributed by atoms with Gasteiger partial charge in [0.2, 0.25) is 0 Å². The van der Waals surface area contributed by atoms with E-state index in [0.717, 1.165) is 45.6 Å². The summed E-state index contributed by atoms with van der Waals surface area (Å²) in [7, 11) is 0. The van der Waals surface area contributed by atoms with Crippen molar-refractivity contribution in [3.8, 4) is 0 Å². The minimum absolute atomic E-state index is 0.0450. The third-order valence-electron chi connectivity index (χ3n) is 3.27. The molecule has 2 saturated heterocycles. The average Bonchev–Trinajstić information content (AvgIpc) is 2.19. The van der Waals surface area contributed by atoms with Gasteiger partial charge in [-0.2, -0.15) is 0 Å². The van der Waals surface area contributed by atoms with Gasteiger partial charge in [-0.1, -0.05) is 6.92 Å². The smallest absolute Gasteiger partial charge is 0.0930 e. The first-order valence-corrected chi connectivity index (χ1v) is 5.80. The summed E-state index contributed by atoms with van der Waals surface area (Å²) in [4.78, 5) is 0. The monoisotopic (exact) mass is 199 g/mol. The summed E-state index contributed by atoms with van der Waals surface area (Å²) < 4.78 is 11.5. The molecule has 3 nitrogen and oxygen atoms in total. The van der Waals surface area contributed by atoms with Crippen molar-refractivity contribution in [2.45, 2.75) is 44.2 Å². The molecular weight excluding hydrogens is 178 g/mol. The molecule has 0 aromatic heterocycles. The molecule has 1 spiro atoms. The third kappa shape index (κ3) is 2.27. The van der Waals surface area contributed by atoms with E-state index in [9.17, 15) is 0 Å². The van der Waals surface area contributed by atoms with Crippen molar-refractivity contribution in [1.82, 2.24) is 5.32 Å². The highest BCUT2D eigenvalue weighted by atomic mass is 16.5. The summed E-state index contributed by atoms with van der Waals surface area (Å²) >= 11 is 0. The maximum Gasteiger partial charge on any atom is 0.0930 e. The fourth-order valence-corrected chi connectivity index (χ4v) is 2.59. The first kappa shape index (κ1) is 10.4. The van der Waals surface area contributed by atoms with Crippen molar-refractivity contribution in [3.05, 3.63) is 0 Å². The van der Waals surface area contributed by atoms with E-state index >= 15 is 0 Å². The lowest BCUT2D eigenvalue weighted by molar-refractivity contribution is -0.156. The van der Waals surface area contributed by atoms with Crippen LogP contribution in [0.2, 0.25) is 0 Å². The molecule has 0 bridgehead atoms. The minimum atomic E-state index is 0.0450. The Morgan fingerprint density at radius 3 is 3.07 bits per heavy atom. The van der Waals surface area contributed by atoms with Crippen LogP contribution in [-0.2, 0) is 9.47 Å². The van der Waals surface area contributed by atoms with Gasteiger partial charge in [0.25, 0.3) is 0 Å². The Hall–Kier alpha value is -0.120. The molecule has 0 radical (unpaired) electrons. The van der Waals surface area contributed by atoms with Gasteiger partial charge in [0.05, 0.1) is 12.2 Å². The molecular formula is C11H21NO2. The summed E-state index contributed by atoms with van der Waals surface area (Å²) in [5, 5.41) is 3.52. The van der Waals surface area contributed by atoms with Gasteiger partial charge in [-0.25, -0.2) is 0 Å². The Labute approximate surface area is 86.2 Å². The van der Waals surface area contributed by atoms with Crippen LogP contribution in [0.3, 0.4) is 0 Å². The van der Waals surface area contributed by atoms with Crippen molar-refractivity contribution in [2.75, 3.05) is 26.4 Å². The van der Waals surface area contributed by atoms with Crippen molar-refractivity contribution >= 4 is 0 Å². The Bertz CT molecular complexity index is 171. The van der Waals surface area contributed by atoms with Crippen LogP contribution in [-0.4, -0.2) is 38.0 Å². The predicted molar refractivity (Wildman–Crippen MR) is 55.4 cm³/mol. The SMILES string of the molecule is CCNC1CCOC2(CCCOC2)C1. The quantitative estimate of drug-likeness (QED) is 0.727. The van der Waals surface area contributed by atoms with Gasteiger partial charge < -0.3 is 14.8 Å². The van der Waals surface area contributed by atoms with Gasteiger partial charge in [-0.15, -0.1) is 0 Å². The Balaban J connectivity index is 1.91. The van der Waals surface area contributed by atoms with Gasteiger partial charge in [-0.3, -0.25) is 0 Å². The fourth-order valence-electron chi connectivity index (χ4n) is 2.59. The number of rotatable bonds is 2. The number of ether oxygens (including phenoxy) is 2. The predicted octanol–water partition coefficient (Wildman–Crippen LogP) is 1.32. The van der Waals surface area contributed by atoms with Crippen LogP contribution in [0.15, 0.2) is 0 Å². The molecule has 2 aliphatic heterocycles. The van der Waals surface area contributed by atoms with Crippen LogP contribution in [0.5, 0.6) is 0 Å². The van der Waals surface area contributed by atoms with E-state index in [1.807, 2.05) is 0 Å². The maximum atomic E-state index is 5.92. The number of hydrogen-bond donors (Lipinski definition) is 1. The molecule has 0 aromatic carbocycles. The second-order valence-electron chi connectivity index (χ2n) is 4.44. The molecule has 14 heavy (non-hydrogen) atoms. The van der Waals surface area contributed by atoms with Crippen LogP contribution in [0.25, 0.3) is 0 Å². The zero-order valence-corrected chi connectivity index (χ0v) is 9.05. The Morgan fingerprint density at radius 1 is 1.43 bits per heavy atom. The summed E-state index contributed by atoms with van der Waals surface area (Å²) in [6.07, 6.45) is 4.60. The molecule has 2 rings (SSSR count). The molecule has 1 N–H and O–H groups in total. The minimum Gasteiger partial charge on any atom is -0.378 e. The average molecular weight is 199 g/mol. The standard InChI is InChI=1S/C11H21NO2/c1-2-12-10-4-7-14-11(8-10)5-3-6-13-9-11/h10,12H,2-9H2,1H3. The number of hydrogen-bond acceptors (Lipinski definition) is 3. The second-order valence-corrected chi connectivity index (χ2v) is 4.44. The van der Waals surface area contributed by atoms with E-state index in [0.29, 0.717) is 6.04 Å². The molecule has 2 fully saturated rings. The lowest BCUT2D eigenvalue weighted by Gasteiger charge is -2.43. The molecule has 3 heteroatoms. The summed E-state index contributed by atoms with van der Waals surface area (Å²) in [6.45, 7) is 5.83. The Kier molecular flexibility index (Phi) is 3.42. The largest absolute Gasteiger partial charge is 0.378 e. The first-order chi connectivity index (χ1) is 6.85. The molecule has 82 valence electrons. The van der Waals surface area contributed by atoms with E-state index in [1.54, 1.807) is 0 Å². The molecule has 0 amide bonds. The highest BCUT2D eigenvalue weighted by molar-refractivity contribution is 4.91. The van der Waals surface area contributed by atoms with E-state index in [1.165, 1.54) is 6.42 Å². The second kappa shape index (κ2) is 4.60. The van der Waals surface area contributed by atoms with Crippen LogP contribution < -0.4 is 5.32 Å². The molecule has 2 aliphatic rings. The molecule has 0 aromatic rings. The van der Waals surface area contributed by atoms with Crippen molar-refractivity contribution < 1.29 is 9.47 Å². The summed E-state index contributed by atoms with van der Waals surface area (Å²) in [5.41, 5.74) is 0.0450. The molecule has 2 atom stereocenters. The van der Waals surface area contributed by atoms with Crippen molar-refractivity contribution in [2.24, 2.45) is 0 Å². The fraction of sp³-hybridized carbons (Fsp3) is 1.00. The van der Waals surface area contributed by atoms with Crippen LogP contribution >= 0.6 is 0 Å². The lowest BCUT2D eigenvalue weighted by atomic mass is 9.86. The van der Waals surface area contributed by atoms with Gasteiger partial charge in [-0.05, 0) is 32.2 Å². The molecule has 2 heterocycles. The van der Waals surface area contributed by atoms with Crippen LogP contribution in [0.4, 0.5) is 0 Å². The molecule has 2 unspecified atom stereocenters. The third-order valence-corrected chi connectivity index (χ3v) is 3.27. The van der Waals surface area contributed by atoms with Crippen LogP contribution in [0, 0.1) is 0 Å². The van der Waals surface area contributed by atoms with Gasteiger partial charge >= 0.3 is 0 Å². The van der Waals surface area contributed by atoms with E-state index < -0.39 is 0 Å². The zero-order chi connectivity index (χ0) is 9.86. The normalized spacial score (nSPS) is 38.8. The Morgan fingerprint density at radius 2 is 2.36 bits per heavy atom. The highest BCUT2D eigenvalue weighted by Gasteiger charge is 2.38. The summed E-state index contributed by atoms with van der Waals surface area (Å²) in [5.74, 6) is 0. The van der Waals surface area contributed by atoms with Gasteiger partial charge in [0, 0.05) is 19.3 Å². The van der Waals surface area contributed by atoms with E-state index in [4.69, 9.17) is 9.47 Å². The topological polar surface area (TPSA) is 30.5 Å². The lowest BCUT2D eigenvalue weighted by Crippen LogP contribution is -2.51. The van der Waals surface area contributed by atoms with E-state index in [-0.39, 0.29) is 5.60 Å². The number of nitrogens with one attached hydrogen (secondary N) is 1. The maximum absolute atomic E-state index is 5.92. The van der Waals surface area contributed by atoms with Crippen molar-refractivity contribution in [1.29, 1.82) is 0 Å². The molecule has 0 aliphatic carbocycles. The van der Waals surface area contributed by atoms with Crippen molar-refractivity contribution in [3.63, 3.8) is 0 Å². The van der Waals surface area contributed by atoms with E-state index in [2.05, 4.69) is 12.2 Å².